The summed E-state index contributed by atoms with van der Waals surface area (Å²) in [5.74, 6) is 0.677. The predicted octanol–water partition coefficient (Wildman–Crippen LogP) is 2.30. The van der Waals surface area contributed by atoms with Crippen molar-refractivity contribution in [3.8, 4) is 5.75 Å². The van der Waals surface area contributed by atoms with Crippen LogP contribution in [0.4, 0.5) is 0 Å². The van der Waals surface area contributed by atoms with Crippen LogP contribution in [0.2, 0.25) is 0 Å². The molecule has 0 radical (unpaired) electrons. The molecule has 1 heterocycles. The van der Waals surface area contributed by atoms with E-state index in [1.807, 2.05) is 24.3 Å². The molecule has 0 atom stereocenters. The number of halogens is 1. The summed E-state index contributed by atoms with van der Waals surface area (Å²) in [5, 5.41) is 4.72. The van der Waals surface area contributed by atoms with Gasteiger partial charge in [-0.2, -0.15) is 0 Å². The minimum absolute atomic E-state index is 0. The Morgan fingerprint density at radius 3 is 2.39 bits per heavy atom. The Labute approximate surface area is 142 Å². The van der Waals surface area contributed by atoms with Gasteiger partial charge in [0, 0.05) is 16.8 Å². The zero-order chi connectivity index (χ0) is 15.6. The second kappa shape index (κ2) is 7.49. The molecule has 2 aromatic carbocycles. The van der Waals surface area contributed by atoms with Crippen molar-refractivity contribution in [1.82, 2.24) is 10.0 Å². The molecule has 1 fully saturated rings. The molecule has 0 aliphatic carbocycles. The second-order valence-electron chi connectivity index (χ2n) is 5.46. The standard InChI is InChI=1S/C16H20N2O3S.ClH/c1-21-15-6-7-16(14-5-3-2-4-13(14)15)22(19,20)18-12-8-10-17-11-9-12;/h2-7,12,17-18H,8-11H2,1H3;1H. The van der Waals surface area contributed by atoms with Crippen LogP contribution in [-0.2, 0) is 10.0 Å². The first-order chi connectivity index (χ1) is 10.6. The molecule has 23 heavy (non-hydrogen) atoms. The highest BCUT2D eigenvalue weighted by Crippen LogP contribution is 2.31. The van der Waals surface area contributed by atoms with Crippen LogP contribution >= 0.6 is 12.4 Å². The lowest BCUT2D eigenvalue weighted by atomic mass is 10.1. The molecule has 3 rings (SSSR count). The number of sulfonamides is 1. The maximum absolute atomic E-state index is 12.7. The summed E-state index contributed by atoms with van der Waals surface area (Å²) in [6.45, 7) is 1.69. The van der Waals surface area contributed by atoms with E-state index < -0.39 is 10.0 Å². The molecule has 0 saturated carbocycles. The fraction of sp³-hybridized carbons (Fsp3) is 0.375. The average Bonchev–Trinajstić information content (AvgIpc) is 2.54. The molecule has 1 aliphatic heterocycles. The Kier molecular flexibility index (Phi) is 5.86. The van der Waals surface area contributed by atoms with E-state index in [9.17, 15) is 8.42 Å². The molecule has 0 unspecified atom stereocenters. The van der Waals surface area contributed by atoms with Gasteiger partial charge < -0.3 is 10.1 Å². The summed E-state index contributed by atoms with van der Waals surface area (Å²) in [6.07, 6.45) is 1.63. The number of benzene rings is 2. The lowest BCUT2D eigenvalue weighted by Gasteiger charge is -2.24. The molecule has 0 amide bonds. The summed E-state index contributed by atoms with van der Waals surface area (Å²) in [7, 11) is -1.96. The molecule has 0 bridgehead atoms. The van der Waals surface area contributed by atoms with Gasteiger partial charge in [-0.1, -0.05) is 24.3 Å². The van der Waals surface area contributed by atoms with Crippen molar-refractivity contribution in [2.75, 3.05) is 20.2 Å². The zero-order valence-corrected chi connectivity index (χ0v) is 14.5. The topological polar surface area (TPSA) is 67.4 Å². The highest BCUT2D eigenvalue weighted by atomic mass is 35.5. The summed E-state index contributed by atoms with van der Waals surface area (Å²) >= 11 is 0. The van der Waals surface area contributed by atoms with Gasteiger partial charge in [-0.25, -0.2) is 13.1 Å². The molecule has 126 valence electrons. The summed E-state index contributed by atoms with van der Waals surface area (Å²) in [4.78, 5) is 0.308. The van der Waals surface area contributed by atoms with Crippen LogP contribution in [0.25, 0.3) is 10.8 Å². The molecule has 1 saturated heterocycles. The Morgan fingerprint density at radius 2 is 1.74 bits per heavy atom. The van der Waals surface area contributed by atoms with E-state index in [0.29, 0.717) is 16.0 Å². The molecule has 1 aliphatic rings. The predicted molar refractivity (Wildman–Crippen MR) is 94.0 cm³/mol. The summed E-state index contributed by atoms with van der Waals surface area (Å²) < 4.78 is 33.6. The molecular weight excluding hydrogens is 336 g/mol. The van der Waals surface area contributed by atoms with Crippen molar-refractivity contribution in [1.29, 1.82) is 0 Å². The van der Waals surface area contributed by atoms with Gasteiger partial charge in [0.1, 0.15) is 5.75 Å². The lowest BCUT2D eigenvalue weighted by Crippen LogP contribution is -2.42. The number of rotatable bonds is 4. The quantitative estimate of drug-likeness (QED) is 0.882. The average molecular weight is 357 g/mol. The summed E-state index contributed by atoms with van der Waals surface area (Å²) in [5.41, 5.74) is 0. The Balaban J connectivity index is 0.00000192. The fourth-order valence-electron chi connectivity index (χ4n) is 2.88. The Bertz CT molecular complexity index is 774. The molecule has 5 nitrogen and oxygen atoms in total. The monoisotopic (exact) mass is 356 g/mol. The summed E-state index contributed by atoms with van der Waals surface area (Å²) in [6, 6.07) is 10.7. The molecule has 0 spiro atoms. The highest BCUT2D eigenvalue weighted by molar-refractivity contribution is 7.89. The van der Waals surface area contributed by atoms with Gasteiger partial charge in [-0.05, 0) is 38.1 Å². The van der Waals surface area contributed by atoms with Gasteiger partial charge in [0.15, 0.2) is 0 Å². The van der Waals surface area contributed by atoms with Gasteiger partial charge in [0.2, 0.25) is 10.0 Å². The third kappa shape index (κ3) is 3.77. The molecule has 0 aromatic heterocycles. The Morgan fingerprint density at radius 1 is 1.09 bits per heavy atom. The SMILES string of the molecule is COc1ccc(S(=O)(=O)NC2CCNCC2)c2ccccc12.Cl. The number of fused-ring (bicyclic) bond motifs is 1. The van der Waals surface area contributed by atoms with Crippen LogP contribution < -0.4 is 14.8 Å². The first-order valence-electron chi connectivity index (χ1n) is 7.40. The van der Waals surface area contributed by atoms with Crippen molar-refractivity contribution in [2.24, 2.45) is 0 Å². The van der Waals surface area contributed by atoms with Crippen molar-refractivity contribution in [3.63, 3.8) is 0 Å². The van der Waals surface area contributed by atoms with Gasteiger partial charge in [-0.15, -0.1) is 12.4 Å². The number of hydrogen-bond acceptors (Lipinski definition) is 4. The van der Waals surface area contributed by atoms with Crippen LogP contribution in [0.1, 0.15) is 12.8 Å². The van der Waals surface area contributed by atoms with E-state index in [-0.39, 0.29) is 18.4 Å². The zero-order valence-electron chi connectivity index (χ0n) is 12.9. The number of methoxy groups -OCH3 is 1. The third-order valence-corrected chi connectivity index (χ3v) is 5.59. The lowest BCUT2D eigenvalue weighted by molar-refractivity contribution is 0.419. The van der Waals surface area contributed by atoms with Gasteiger partial charge in [0.25, 0.3) is 0 Å². The van der Waals surface area contributed by atoms with E-state index in [1.165, 1.54) is 0 Å². The first kappa shape index (κ1) is 18.0. The maximum atomic E-state index is 12.7. The van der Waals surface area contributed by atoms with Crippen LogP contribution in [0.3, 0.4) is 0 Å². The highest BCUT2D eigenvalue weighted by Gasteiger charge is 2.23. The van der Waals surface area contributed by atoms with Crippen molar-refractivity contribution in [3.05, 3.63) is 36.4 Å². The minimum Gasteiger partial charge on any atom is -0.496 e. The normalized spacial score (nSPS) is 16.0. The third-order valence-electron chi connectivity index (χ3n) is 4.01. The van der Waals surface area contributed by atoms with Gasteiger partial charge >= 0.3 is 0 Å². The second-order valence-corrected chi connectivity index (χ2v) is 7.14. The number of hydrogen-bond donors (Lipinski definition) is 2. The van der Waals surface area contributed by atoms with Crippen molar-refractivity contribution >= 4 is 33.2 Å². The molecule has 2 aromatic rings. The van der Waals surface area contributed by atoms with E-state index >= 15 is 0 Å². The van der Waals surface area contributed by atoms with Crippen molar-refractivity contribution in [2.45, 2.75) is 23.8 Å². The van der Waals surface area contributed by atoms with Crippen LogP contribution in [0, 0.1) is 0 Å². The van der Waals surface area contributed by atoms with Crippen LogP contribution in [-0.4, -0.2) is 34.7 Å². The minimum atomic E-state index is -3.54. The van der Waals surface area contributed by atoms with E-state index in [0.717, 1.165) is 31.3 Å². The van der Waals surface area contributed by atoms with E-state index in [1.54, 1.807) is 19.2 Å². The first-order valence-corrected chi connectivity index (χ1v) is 8.89. The number of ether oxygens (including phenoxy) is 1. The number of nitrogens with one attached hydrogen (secondary N) is 2. The smallest absolute Gasteiger partial charge is 0.241 e. The maximum Gasteiger partial charge on any atom is 0.241 e. The largest absolute Gasteiger partial charge is 0.496 e. The molecular formula is C16H21ClN2O3S. The van der Waals surface area contributed by atoms with Crippen molar-refractivity contribution < 1.29 is 13.2 Å². The van der Waals surface area contributed by atoms with Crippen LogP contribution in [0.15, 0.2) is 41.3 Å². The van der Waals surface area contributed by atoms with E-state index in [4.69, 9.17) is 4.74 Å². The fourth-order valence-corrected chi connectivity index (χ4v) is 4.39. The molecule has 7 heteroatoms. The molecule has 2 N–H and O–H groups in total. The van der Waals surface area contributed by atoms with Gasteiger partial charge in [0.05, 0.1) is 12.0 Å². The number of piperidine rings is 1. The van der Waals surface area contributed by atoms with E-state index in [2.05, 4.69) is 10.0 Å². The Hall–Kier alpha value is -1.34. The van der Waals surface area contributed by atoms with Crippen LogP contribution in [0.5, 0.6) is 5.75 Å². The van der Waals surface area contributed by atoms with Gasteiger partial charge in [-0.3, -0.25) is 0 Å².